The number of aromatic nitrogens is 3. The first-order valence-electron chi connectivity index (χ1n) is 9.37. The van der Waals surface area contributed by atoms with Crippen LogP contribution in [0.1, 0.15) is 11.3 Å². The number of imidazole rings is 1. The first-order valence-corrected chi connectivity index (χ1v) is 11.3. The maximum Gasteiger partial charge on any atom is 0.166 e. The Labute approximate surface area is 168 Å². The molecule has 0 bridgehead atoms. The van der Waals surface area contributed by atoms with Crippen LogP contribution in [0.2, 0.25) is 0 Å². The van der Waals surface area contributed by atoms with Crippen molar-refractivity contribution in [3.63, 3.8) is 0 Å². The molecular formula is C20H25N5S2. The minimum absolute atomic E-state index is 0.831. The molecule has 0 spiro atoms. The van der Waals surface area contributed by atoms with Crippen LogP contribution in [-0.2, 0) is 5.75 Å². The number of para-hydroxylation sites is 2. The second-order valence-electron chi connectivity index (χ2n) is 6.67. The molecule has 0 aliphatic carbocycles. The summed E-state index contributed by atoms with van der Waals surface area (Å²) in [5.74, 6) is 1.96. The predicted octanol–water partition coefficient (Wildman–Crippen LogP) is 3.56. The van der Waals surface area contributed by atoms with E-state index in [1.807, 2.05) is 36.2 Å². The van der Waals surface area contributed by atoms with Crippen LogP contribution in [0, 0.1) is 6.92 Å². The fourth-order valence-electron chi connectivity index (χ4n) is 3.21. The van der Waals surface area contributed by atoms with E-state index in [0.29, 0.717) is 0 Å². The van der Waals surface area contributed by atoms with Gasteiger partial charge in [0.05, 0.1) is 16.7 Å². The molecule has 1 fully saturated rings. The Balaban J connectivity index is 1.34. The number of hydrogen-bond donors (Lipinski definition) is 2. The summed E-state index contributed by atoms with van der Waals surface area (Å²) in [6, 6.07) is 10.3. The Bertz CT molecular complexity index is 856. The zero-order valence-corrected chi connectivity index (χ0v) is 17.2. The van der Waals surface area contributed by atoms with E-state index in [1.54, 1.807) is 11.8 Å². The molecule has 142 valence electrons. The van der Waals surface area contributed by atoms with Gasteiger partial charge in [-0.1, -0.05) is 23.9 Å². The molecule has 0 radical (unpaired) electrons. The van der Waals surface area contributed by atoms with E-state index in [-0.39, 0.29) is 0 Å². The van der Waals surface area contributed by atoms with Gasteiger partial charge in [-0.2, -0.15) is 0 Å². The van der Waals surface area contributed by atoms with Gasteiger partial charge in [-0.25, -0.2) is 4.98 Å². The van der Waals surface area contributed by atoms with Crippen LogP contribution < -0.4 is 5.32 Å². The maximum absolute atomic E-state index is 4.65. The number of hydrogen-bond acceptors (Lipinski definition) is 6. The number of aromatic amines is 1. The van der Waals surface area contributed by atoms with E-state index in [0.717, 1.165) is 66.1 Å². The van der Waals surface area contributed by atoms with Crippen molar-refractivity contribution in [2.45, 2.75) is 22.7 Å². The third-order valence-electron chi connectivity index (χ3n) is 4.85. The Morgan fingerprint density at radius 3 is 2.81 bits per heavy atom. The minimum Gasteiger partial charge on any atom is -0.333 e. The number of H-pyrrole nitrogens is 1. The van der Waals surface area contributed by atoms with E-state index >= 15 is 0 Å². The lowest BCUT2D eigenvalue weighted by molar-refractivity contribution is 0.255. The van der Waals surface area contributed by atoms with Crippen LogP contribution in [0.25, 0.3) is 11.0 Å². The molecule has 0 atom stereocenters. The van der Waals surface area contributed by atoms with Gasteiger partial charge in [0.2, 0.25) is 0 Å². The van der Waals surface area contributed by atoms with Crippen molar-refractivity contribution in [1.29, 1.82) is 0 Å². The highest BCUT2D eigenvalue weighted by Gasteiger charge is 2.11. The molecule has 0 saturated carbocycles. The number of pyridine rings is 1. The number of thioether (sulfide) groups is 2. The SMILES string of the molecule is Cc1c(SCCN2CCNCC2)ccnc1CSc1nc2ccccc2[nH]1. The number of nitrogens with zero attached hydrogens (tertiary/aromatic N) is 3. The van der Waals surface area contributed by atoms with Gasteiger partial charge in [0.15, 0.2) is 5.16 Å². The van der Waals surface area contributed by atoms with Gasteiger partial charge in [-0.3, -0.25) is 9.88 Å². The van der Waals surface area contributed by atoms with Gasteiger partial charge in [0, 0.05) is 55.3 Å². The quantitative estimate of drug-likeness (QED) is 0.593. The Kier molecular flexibility index (Phi) is 6.34. The van der Waals surface area contributed by atoms with Crippen molar-refractivity contribution in [2.75, 3.05) is 38.5 Å². The van der Waals surface area contributed by atoms with Gasteiger partial charge in [0.1, 0.15) is 0 Å². The molecule has 0 amide bonds. The summed E-state index contributed by atoms with van der Waals surface area (Å²) in [5.41, 5.74) is 4.54. The molecule has 1 aliphatic heterocycles. The molecule has 2 N–H and O–H groups in total. The van der Waals surface area contributed by atoms with Crippen molar-refractivity contribution in [3.8, 4) is 0 Å². The first-order chi connectivity index (χ1) is 13.3. The van der Waals surface area contributed by atoms with E-state index in [1.165, 1.54) is 10.5 Å². The number of fused-ring (bicyclic) bond motifs is 1. The molecule has 1 aromatic carbocycles. The van der Waals surface area contributed by atoms with E-state index in [2.05, 4.69) is 44.2 Å². The van der Waals surface area contributed by atoms with Crippen LogP contribution >= 0.6 is 23.5 Å². The summed E-state index contributed by atoms with van der Waals surface area (Å²) in [4.78, 5) is 16.5. The van der Waals surface area contributed by atoms with Crippen LogP contribution in [-0.4, -0.2) is 58.3 Å². The summed E-state index contributed by atoms with van der Waals surface area (Å²) >= 11 is 3.66. The summed E-state index contributed by atoms with van der Waals surface area (Å²) in [6.45, 7) is 7.89. The van der Waals surface area contributed by atoms with Crippen molar-refractivity contribution in [3.05, 3.63) is 47.8 Å². The van der Waals surface area contributed by atoms with Gasteiger partial charge < -0.3 is 10.3 Å². The second kappa shape index (κ2) is 9.10. The van der Waals surface area contributed by atoms with Gasteiger partial charge in [0.25, 0.3) is 0 Å². The predicted molar refractivity (Wildman–Crippen MR) is 115 cm³/mol. The number of rotatable bonds is 7. The van der Waals surface area contributed by atoms with E-state index in [9.17, 15) is 0 Å². The molecule has 2 aromatic heterocycles. The van der Waals surface area contributed by atoms with Crippen molar-refractivity contribution >= 4 is 34.6 Å². The topological polar surface area (TPSA) is 56.8 Å². The zero-order valence-electron chi connectivity index (χ0n) is 15.6. The lowest BCUT2D eigenvalue weighted by Gasteiger charge is -2.26. The highest BCUT2D eigenvalue weighted by molar-refractivity contribution is 7.99. The Hall–Kier alpha value is -1.54. The fourth-order valence-corrected chi connectivity index (χ4v) is 5.19. The maximum atomic E-state index is 4.65. The number of benzene rings is 1. The second-order valence-corrected chi connectivity index (χ2v) is 8.77. The van der Waals surface area contributed by atoms with Gasteiger partial charge in [-0.15, -0.1) is 11.8 Å². The molecule has 0 unspecified atom stereocenters. The summed E-state index contributed by atoms with van der Waals surface area (Å²) in [6.07, 6.45) is 1.94. The Morgan fingerprint density at radius 1 is 1.11 bits per heavy atom. The summed E-state index contributed by atoms with van der Waals surface area (Å²) in [7, 11) is 0. The van der Waals surface area contributed by atoms with Crippen molar-refractivity contribution < 1.29 is 0 Å². The van der Waals surface area contributed by atoms with Crippen LogP contribution in [0.15, 0.2) is 46.6 Å². The highest BCUT2D eigenvalue weighted by atomic mass is 32.2. The monoisotopic (exact) mass is 399 g/mol. The Morgan fingerprint density at radius 2 is 1.96 bits per heavy atom. The molecule has 27 heavy (non-hydrogen) atoms. The summed E-state index contributed by atoms with van der Waals surface area (Å²) in [5, 5.41) is 4.36. The largest absolute Gasteiger partial charge is 0.333 e. The molecule has 3 aromatic rings. The first kappa shape index (κ1) is 18.8. The number of piperazine rings is 1. The van der Waals surface area contributed by atoms with Gasteiger partial charge in [-0.05, 0) is 30.7 Å². The summed E-state index contributed by atoms with van der Waals surface area (Å²) < 4.78 is 0. The highest BCUT2D eigenvalue weighted by Crippen LogP contribution is 2.28. The van der Waals surface area contributed by atoms with Crippen LogP contribution in [0.3, 0.4) is 0 Å². The standard InChI is InChI=1S/C20H25N5S2/c1-15-18(14-27-20-23-16-4-2-3-5-17(16)24-20)22-7-6-19(15)26-13-12-25-10-8-21-9-11-25/h2-7,21H,8-14H2,1H3,(H,23,24). The smallest absolute Gasteiger partial charge is 0.166 e. The van der Waals surface area contributed by atoms with E-state index in [4.69, 9.17) is 0 Å². The third-order valence-corrected chi connectivity index (χ3v) is 6.87. The third kappa shape index (κ3) is 4.85. The average molecular weight is 400 g/mol. The van der Waals surface area contributed by atoms with E-state index < -0.39 is 0 Å². The molecular weight excluding hydrogens is 374 g/mol. The molecule has 4 rings (SSSR count). The molecule has 7 heteroatoms. The lowest BCUT2D eigenvalue weighted by atomic mass is 10.2. The lowest BCUT2D eigenvalue weighted by Crippen LogP contribution is -2.44. The normalized spacial score (nSPS) is 15.4. The average Bonchev–Trinajstić information content (AvgIpc) is 3.12. The molecule has 3 heterocycles. The number of nitrogens with one attached hydrogen (secondary N) is 2. The molecule has 1 saturated heterocycles. The van der Waals surface area contributed by atoms with Crippen molar-refractivity contribution in [1.82, 2.24) is 25.2 Å². The zero-order chi connectivity index (χ0) is 18.5. The van der Waals surface area contributed by atoms with Crippen LogP contribution in [0.4, 0.5) is 0 Å². The van der Waals surface area contributed by atoms with Crippen molar-refractivity contribution in [2.24, 2.45) is 0 Å². The van der Waals surface area contributed by atoms with Gasteiger partial charge >= 0.3 is 0 Å². The minimum atomic E-state index is 0.831. The molecule has 5 nitrogen and oxygen atoms in total. The molecule has 1 aliphatic rings. The fraction of sp³-hybridized carbons (Fsp3) is 0.400. The van der Waals surface area contributed by atoms with Crippen LogP contribution in [0.5, 0.6) is 0 Å².